The van der Waals surface area contributed by atoms with Crippen LogP contribution in [0, 0.1) is 0 Å². The molecule has 0 bridgehead atoms. The number of aromatic nitrogens is 2. The molecule has 33 heavy (non-hydrogen) atoms. The largest absolute Gasteiger partial charge is 0.497 e. The third-order valence-corrected chi connectivity index (χ3v) is 5.38. The van der Waals surface area contributed by atoms with Gasteiger partial charge < -0.3 is 19.3 Å². The fourth-order valence-electron chi connectivity index (χ4n) is 3.11. The van der Waals surface area contributed by atoms with Gasteiger partial charge in [0.15, 0.2) is 0 Å². The molecule has 0 atom stereocenters. The number of hydrogen-bond donors (Lipinski definition) is 1. The Kier molecular flexibility index (Phi) is 6.94. The second kappa shape index (κ2) is 10.2. The topological polar surface area (TPSA) is 86.5 Å². The number of aryl methyl sites for hydroxylation is 1. The van der Waals surface area contributed by atoms with Gasteiger partial charge in [0.1, 0.15) is 11.5 Å². The molecule has 7 nitrogen and oxygen atoms in total. The molecule has 4 aromatic rings. The average Bonchev–Trinajstić information content (AvgIpc) is 3.50. The molecule has 0 spiro atoms. The number of rotatable bonds is 9. The van der Waals surface area contributed by atoms with E-state index in [4.69, 9.17) is 9.26 Å². The van der Waals surface area contributed by atoms with Crippen LogP contribution in [0.25, 0.3) is 22.5 Å². The summed E-state index contributed by atoms with van der Waals surface area (Å²) in [5.74, 6) is 1.17. The number of amides is 1. The molecule has 2 aromatic carbocycles. The van der Waals surface area contributed by atoms with E-state index in [9.17, 15) is 13.6 Å². The minimum absolute atomic E-state index is 0.0000134. The Hall–Kier alpha value is -3.79. The standard InChI is InChI=1S/C23H19F2N3O4S/c1-30-17-5-2-14(3-6-17)18-12-16(4-7-19(18)31-23(24)25)26-20(29)8-9-21-27-22(28-32-21)15-10-11-33-13-15/h2-7,10-13,23H,8-9H2,1H3,(H,26,29). The molecule has 4 rings (SSSR count). The highest BCUT2D eigenvalue weighted by Gasteiger charge is 2.15. The fourth-order valence-corrected chi connectivity index (χ4v) is 3.75. The van der Waals surface area contributed by atoms with E-state index in [1.165, 1.54) is 30.6 Å². The van der Waals surface area contributed by atoms with Crippen LogP contribution >= 0.6 is 11.3 Å². The van der Waals surface area contributed by atoms with Crippen molar-refractivity contribution in [1.29, 1.82) is 0 Å². The van der Waals surface area contributed by atoms with E-state index in [0.717, 1.165) is 5.56 Å². The number of anilines is 1. The highest BCUT2D eigenvalue weighted by atomic mass is 32.1. The van der Waals surface area contributed by atoms with Gasteiger partial charge in [-0.25, -0.2) is 0 Å². The van der Waals surface area contributed by atoms with Gasteiger partial charge in [0.25, 0.3) is 0 Å². The van der Waals surface area contributed by atoms with Gasteiger partial charge in [-0.05, 0) is 47.3 Å². The number of methoxy groups -OCH3 is 1. The zero-order valence-corrected chi connectivity index (χ0v) is 18.3. The van der Waals surface area contributed by atoms with Crippen molar-refractivity contribution >= 4 is 22.9 Å². The molecule has 1 N–H and O–H groups in total. The second-order valence-corrected chi connectivity index (χ2v) is 7.67. The highest BCUT2D eigenvalue weighted by Crippen LogP contribution is 2.34. The first-order valence-electron chi connectivity index (χ1n) is 9.90. The molecular formula is C23H19F2N3O4S. The van der Waals surface area contributed by atoms with Gasteiger partial charge in [-0.3, -0.25) is 4.79 Å². The first-order valence-corrected chi connectivity index (χ1v) is 10.8. The molecule has 2 heterocycles. The summed E-state index contributed by atoms with van der Waals surface area (Å²) < 4.78 is 40.7. The molecule has 0 aliphatic carbocycles. The molecule has 2 aromatic heterocycles. The SMILES string of the molecule is COc1ccc(-c2cc(NC(=O)CCc3nc(-c4ccsc4)no3)ccc2OC(F)F)cc1. The molecule has 170 valence electrons. The lowest BCUT2D eigenvalue weighted by Crippen LogP contribution is -2.12. The van der Waals surface area contributed by atoms with E-state index in [1.807, 2.05) is 16.8 Å². The quantitative estimate of drug-likeness (QED) is 0.340. The van der Waals surface area contributed by atoms with Crippen molar-refractivity contribution in [3.8, 4) is 34.0 Å². The van der Waals surface area contributed by atoms with E-state index >= 15 is 0 Å². The predicted molar refractivity (Wildman–Crippen MR) is 120 cm³/mol. The van der Waals surface area contributed by atoms with Gasteiger partial charge in [-0.15, -0.1) is 0 Å². The number of alkyl halides is 2. The normalized spacial score (nSPS) is 10.9. The van der Waals surface area contributed by atoms with Crippen LogP contribution in [0.15, 0.2) is 63.8 Å². The van der Waals surface area contributed by atoms with Crippen molar-refractivity contribution in [2.24, 2.45) is 0 Å². The summed E-state index contributed by atoms with van der Waals surface area (Å²) in [7, 11) is 1.54. The van der Waals surface area contributed by atoms with Gasteiger partial charge in [0.2, 0.25) is 17.6 Å². The van der Waals surface area contributed by atoms with Crippen LogP contribution in [0.5, 0.6) is 11.5 Å². The minimum Gasteiger partial charge on any atom is -0.497 e. The van der Waals surface area contributed by atoms with E-state index in [-0.39, 0.29) is 24.5 Å². The van der Waals surface area contributed by atoms with Crippen molar-refractivity contribution in [3.05, 3.63) is 65.2 Å². The minimum atomic E-state index is -2.98. The van der Waals surface area contributed by atoms with Gasteiger partial charge in [0, 0.05) is 35.0 Å². The number of thiophene rings is 1. The lowest BCUT2D eigenvalue weighted by Gasteiger charge is -2.14. The summed E-state index contributed by atoms with van der Waals surface area (Å²) in [4.78, 5) is 16.7. The summed E-state index contributed by atoms with van der Waals surface area (Å²) in [6.45, 7) is -2.98. The Labute approximate surface area is 192 Å². The molecular weight excluding hydrogens is 452 g/mol. The van der Waals surface area contributed by atoms with Crippen molar-refractivity contribution in [2.45, 2.75) is 19.5 Å². The third-order valence-electron chi connectivity index (χ3n) is 4.69. The molecule has 0 aliphatic heterocycles. The van der Waals surface area contributed by atoms with Gasteiger partial charge >= 0.3 is 6.61 Å². The monoisotopic (exact) mass is 471 g/mol. The Bertz CT molecular complexity index is 1210. The molecule has 0 unspecified atom stereocenters. The maximum Gasteiger partial charge on any atom is 0.387 e. The Balaban J connectivity index is 1.45. The predicted octanol–water partition coefficient (Wildman–Crippen LogP) is 5.65. The van der Waals surface area contributed by atoms with Crippen molar-refractivity contribution in [2.75, 3.05) is 12.4 Å². The number of hydrogen-bond acceptors (Lipinski definition) is 7. The van der Waals surface area contributed by atoms with Gasteiger partial charge in [-0.1, -0.05) is 17.3 Å². The lowest BCUT2D eigenvalue weighted by atomic mass is 10.0. The Morgan fingerprint density at radius 3 is 2.67 bits per heavy atom. The maximum atomic E-state index is 12.9. The third kappa shape index (κ3) is 5.72. The van der Waals surface area contributed by atoms with Crippen LogP contribution in [0.2, 0.25) is 0 Å². The maximum absolute atomic E-state index is 12.9. The van der Waals surface area contributed by atoms with Crippen molar-refractivity contribution in [3.63, 3.8) is 0 Å². The number of halogens is 2. The zero-order chi connectivity index (χ0) is 23.2. The number of benzene rings is 2. The highest BCUT2D eigenvalue weighted by molar-refractivity contribution is 7.08. The lowest BCUT2D eigenvalue weighted by molar-refractivity contribution is -0.116. The summed E-state index contributed by atoms with van der Waals surface area (Å²) in [5.41, 5.74) is 2.34. The fraction of sp³-hybridized carbons (Fsp3) is 0.174. The van der Waals surface area contributed by atoms with Crippen LogP contribution in [0.1, 0.15) is 12.3 Å². The number of nitrogens with one attached hydrogen (secondary N) is 1. The first-order chi connectivity index (χ1) is 16.0. The van der Waals surface area contributed by atoms with Crippen LogP contribution in [-0.2, 0) is 11.2 Å². The summed E-state index contributed by atoms with van der Waals surface area (Å²) in [6.07, 6.45) is 0.374. The van der Waals surface area contributed by atoms with Crippen molar-refractivity contribution < 1.29 is 27.6 Å². The molecule has 0 saturated carbocycles. The molecule has 0 aliphatic rings. The molecule has 0 radical (unpaired) electrons. The van der Waals surface area contributed by atoms with Gasteiger partial charge in [0.05, 0.1) is 7.11 Å². The molecule has 0 saturated heterocycles. The van der Waals surface area contributed by atoms with E-state index in [0.29, 0.717) is 34.3 Å². The molecule has 10 heteroatoms. The molecule has 0 fully saturated rings. The summed E-state index contributed by atoms with van der Waals surface area (Å²) in [6, 6.07) is 13.2. The van der Waals surface area contributed by atoms with E-state index < -0.39 is 6.61 Å². The summed E-state index contributed by atoms with van der Waals surface area (Å²) >= 11 is 1.53. The molecule has 1 amide bonds. The Morgan fingerprint density at radius 2 is 1.97 bits per heavy atom. The average molecular weight is 471 g/mol. The second-order valence-electron chi connectivity index (χ2n) is 6.89. The number of nitrogens with zero attached hydrogens (tertiary/aromatic N) is 2. The van der Waals surface area contributed by atoms with Crippen LogP contribution in [-0.4, -0.2) is 29.8 Å². The van der Waals surface area contributed by atoms with E-state index in [2.05, 4.69) is 20.2 Å². The van der Waals surface area contributed by atoms with Crippen LogP contribution in [0.4, 0.5) is 14.5 Å². The first kappa shape index (κ1) is 22.4. The number of ether oxygens (including phenoxy) is 2. The number of carbonyl (C=O) groups is 1. The van der Waals surface area contributed by atoms with Crippen LogP contribution < -0.4 is 14.8 Å². The number of carbonyl (C=O) groups excluding carboxylic acids is 1. The van der Waals surface area contributed by atoms with Gasteiger partial charge in [-0.2, -0.15) is 25.1 Å². The van der Waals surface area contributed by atoms with Crippen LogP contribution in [0.3, 0.4) is 0 Å². The zero-order valence-electron chi connectivity index (χ0n) is 17.5. The Morgan fingerprint density at radius 1 is 1.15 bits per heavy atom. The van der Waals surface area contributed by atoms with Crippen molar-refractivity contribution in [1.82, 2.24) is 10.1 Å². The van der Waals surface area contributed by atoms with E-state index in [1.54, 1.807) is 30.3 Å². The smallest absolute Gasteiger partial charge is 0.387 e. The summed E-state index contributed by atoms with van der Waals surface area (Å²) in [5, 5.41) is 10.5.